The first-order valence-electron chi connectivity index (χ1n) is 7.33. The molecule has 1 N–H and O–H groups in total. The number of rotatable bonds is 6. The summed E-state index contributed by atoms with van der Waals surface area (Å²) in [6.07, 6.45) is 0. The van der Waals surface area contributed by atoms with Gasteiger partial charge in [-0.15, -0.1) is 11.3 Å². The fourth-order valence-electron chi connectivity index (χ4n) is 2.15. The quantitative estimate of drug-likeness (QED) is 0.610. The van der Waals surface area contributed by atoms with Crippen LogP contribution in [-0.4, -0.2) is 13.4 Å². The van der Waals surface area contributed by atoms with Crippen LogP contribution in [0.15, 0.2) is 62.7 Å². The Bertz CT molecular complexity index is 973. The lowest BCUT2D eigenvalue weighted by Gasteiger charge is -2.11. The predicted octanol–water partition coefficient (Wildman–Crippen LogP) is 4.59. The smallest absolute Gasteiger partial charge is 0.263 e. The van der Waals surface area contributed by atoms with E-state index in [-0.39, 0.29) is 4.90 Å². The zero-order valence-electron chi connectivity index (χ0n) is 13.3. The summed E-state index contributed by atoms with van der Waals surface area (Å²) in [6, 6.07) is 11.9. The Morgan fingerprint density at radius 1 is 1.24 bits per heavy atom. The van der Waals surface area contributed by atoms with Crippen LogP contribution in [0.1, 0.15) is 11.3 Å². The lowest BCUT2D eigenvalue weighted by Crippen LogP contribution is -2.13. The van der Waals surface area contributed by atoms with Crippen molar-refractivity contribution in [2.45, 2.75) is 18.4 Å². The predicted molar refractivity (Wildman–Crippen MR) is 103 cm³/mol. The van der Waals surface area contributed by atoms with E-state index in [4.69, 9.17) is 4.74 Å². The molecular weight excluding hydrogens is 424 g/mol. The van der Waals surface area contributed by atoms with Crippen molar-refractivity contribution >= 4 is 43.0 Å². The van der Waals surface area contributed by atoms with Crippen LogP contribution in [0, 0.1) is 6.92 Å². The van der Waals surface area contributed by atoms with Gasteiger partial charge in [0.25, 0.3) is 10.0 Å². The van der Waals surface area contributed by atoms with Crippen molar-refractivity contribution < 1.29 is 13.2 Å². The molecule has 3 rings (SSSR count). The second kappa shape index (κ2) is 7.55. The first-order chi connectivity index (χ1) is 11.9. The number of halogens is 1. The van der Waals surface area contributed by atoms with E-state index >= 15 is 0 Å². The zero-order chi connectivity index (χ0) is 17.9. The van der Waals surface area contributed by atoms with Crippen LogP contribution in [0.25, 0.3) is 0 Å². The number of thiazole rings is 1. The van der Waals surface area contributed by atoms with Crippen LogP contribution in [0.5, 0.6) is 5.75 Å². The molecule has 0 saturated carbocycles. The highest BCUT2D eigenvalue weighted by molar-refractivity contribution is 9.10. The number of sulfonamides is 1. The third kappa shape index (κ3) is 4.59. The van der Waals surface area contributed by atoms with Gasteiger partial charge in [-0.25, -0.2) is 13.4 Å². The summed E-state index contributed by atoms with van der Waals surface area (Å²) in [7, 11) is -3.70. The Morgan fingerprint density at radius 3 is 2.80 bits per heavy atom. The molecule has 130 valence electrons. The largest absolute Gasteiger partial charge is 0.487 e. The normalized spacial score (nSPS) is 11.3. The minimum atomic E-state index is -3.70. The lowest BCUT2D eigenvalue weighted by molar-refractivity contribution is 0.302. The van der Waals surface area contributed by atoms with Crippen molar-refractivity contribution in [2.24, 2.45) is 0 Å². The van der Waals surface area contributed by atoms with E-state index in [2.05, 4.69) is 25.6 Å². The molecule has 1 heterocycles. The van der Waals surface area contributed by atoms with Crippen molar-refractivity contribution in [3.05, 3.63) is 69.1 Å². The number of nitrogens with one attached hydrogen (secondary N) is 1. The Morgan fingerprint density at radius 2 is 2.08 bits per heavy atom. The van der Waals surface area contributed by atoms with Crippen LogP contribution in [0.4, 0.5) is 5.69 Å². The van der Waals surface area contributed by atoms with Crippen LogP contribution in [-0.2, 0) is 16.6 Å². The molecule has 0 radical (unpaired) electrons. The number of hydrogen-bond acceptors (Lipinski definition) is 5. The number of nitrogens with zero attached hydrogens (tertiary/aromatic N) is 1. The van der Waals surface area contributed by atoms with Gasteiger partial charge in [0.15, 0.2) is 0 Å². The molecule has 0 unspecified atom stereocenters. The van der Waals surface area contributed by atoms with Crippen molar-refractivity contribution in [3.8, 4) is 5.75 Å². The molecule has 0 aliphatic heterocycles. The molecule has 0 atom stereocenters. The maximum absolute atomic E-state index is 12.6. The van der Waals surface area contributed by atoms with Gasteiger partial charge in [0.05, 0.1) is 16.9 Å². The third-order valence-corrected chi connectivity index (χ3v) is 6.33. The van der Waals surface area contributed by atoms with Crippen molar-refractivity contribution in [2.75, 3.05) is 4.72 Å². The van der Waals surface area contributed by atoms with E-state index in [0.29, 0.717) is 22.5 Å². The van der Waals surface area contributed by atoms with Gasteiger partial charge in [-0.3, -0.25) is 4.72 Å². The number of ether oxygens (including phenoxy) is 1. The molecule has 0 aliphatic rings. The molecule has 0 spiro atoms. The van der Waals surface area contributed by atoms with Gasteiger partial charge in [-0.1, -0.05) is 12.1 Å². The molecule has 0 fully saturated rings. The molecule has 2 aromatic carbocycles. The topological polar surface area (TPSA) is 68.3 Å². The minimum absolute atomic E-state index is 0.187. The minimum Gasteiger partial charge on any atom is -0.487 e. The lowest BCUT2D eigenvalue weighted by atomic mass is 10.2. The third-order valence-electron chi connectivity index (χ3n) is 3.33. The fraction of sp³-hybridized carbons (Fsp3) is 0.118. The summed E-state index contributed by atoms with van der Waals surface area (Å²) in [5.74, 6) is 0.566. The summed E-state index contributed by atoms with van der Waals surface area (Å²) in [5, 5.41) is 1.90. The van der Waals surface area contributed by atoms with Crippen LogP contribution >= 0.6 is 27.3 Å². The summed E-state index contributed by atoms with van der Waals surface area (Å²) in [5.41, 5.74) is 3.98. The van der Waals surface area contributed by atoms with Gasteiger partial charge in [0, 0.05) is 15.9 Å². The van der Waals surface area contributed by atoms with Gasteiger partial charge in [0.2, 0.25) is 0 Å². The highest BCUT2D eigenvalue weighted by Crippen LogP contribution is 2.26. The molecule has 25 heavy (non-hydrogen) atoms. The molecule has 0 aliphatic carbocycles. The summed E-state index contributed by atoms with van der Waals surface area (Å²) in [4.78, 5) is 4.33. The maximum atomic E-state index is 12.6. The molecule has 0 saturated heterocycles. The average Bonchev–Trinajstić information content (AvgIpc) is 3.06. The van der Waals surface area contributed by atoms with Crippen molar-refractivity contribution in [1.82, 2.24) is 4.98 Å². The van der Waals surface area contributed by atoms with Crippen molar-refractivity contribution in [1.29, 1.82) is 0 Å². The molecule has 3 aromatic rings. The van der Waals surface area contributed by atoms with Crippen LogP contribution in [0.3, 0.4) is 0 Å². The van der Waals surface area contributed by atoms with Gasteiger partial charge in [-0.2, -0.15) is 0 Å². The molecular formula is C17H15BrN2O3S2. The number of anilines is 1. The van der Waals surface area contributed by atoms with E-state index < -0.39 is 10.0 Å². The van der Waals surface area contributed by atoms with E-state index in [1.165, 1.54) is 11.3 Å². The second-order valence-corrected chi connectivity index (χ2v) is 8.56. The highest BCUT2D eigenvalue weighted by Gasteiger charge is 2.18. The van der Waals surface area contributed by atoms with E-state index in [1.807, 2.05) is 12.3 Å². The van der Waals surface area contributed by atoms with Gasteiger partial charge in [0.1, 0.15) is 17.3 Å². The van der Waals surface area contributed by atoms with Crippen LogP contribution < -0.4 is 9.46 Å². The van der Waals surface area contributed by atoms with E-state index in [9.17, 15) is 8.42 Å². The molecule has 5 nitrogen and oxygen atoms in total. The van der Waals surface area contributed by atoms with Gasteiger partial charge in [-0.05, 0) is 52.7 Å². The molecule has 0 amide bonds. The first kappa shape index (κ1) is 17.9. The number of aromatic nitrogens is 1. The summed E-state index contributed by atoms with van der Waals surface area (Å²) < 4.78 is 34.0. The van der Waals surface area contributed by atoms with E-state index in [1.54, 1.807) is 48.0 Å². The maximum Gasteiger partial charge on any atom is 0.263 e. The molecule has 8 heteroatoms. The van der Waals surface area contributed by atoms with Gasteiger partial charge >= 0.3 is 0 Å². The van der Waals surface area contributed by atoms with Gasteiger partial charge < -0.3 is 4.74 Å². The standard InChI is InChI=1S/C17H15BrN2O3S2/c1-12-5-6-17(16(18)7-12)25(21,22)20-13-3-2-4-15(8-13)23-9-14-10-24-11-19-14/h2-8,10-11,20H,9H2,1H3. The molecule has 0 bridgehead atoms. The Labute approximate surface area is 158 Å². The Hall–Kier alpha value is -1.90. The second-order valence-electron chi connectivity index (χ2n) is 5.34. The number of benzene rings is 2. The van der Waals surface area contributed by atoms with Crippen LogP contribution in [0.2, 0.25) is 0 Å². The fourth-order valence-corrected chi connectivity index (χ4v) is 4.94. The van der Waals surface area contributed by atoms with E-state index in [0.717, 1.165) is 11.3 Å². The average molecular weight is 439 g/mol. The SMILES string of the molecule is Cc1ccc(S(=O)(=O)Nc2cccc(OCc3cscn3)c2)c(Br)c1. The monoisotopic (exact) mass is 438 g/mol. The first-order valence-corrected chi connectivity index (χ1v) is 10.5. The Kier molecular flexibility index (Phi) is 5.41. The summed E-state index contributed by atoms with van der Waals surface area (Å²) in [6.45, 7) is 2.24. The summed E-state index contributed by atoms with van der Waals surface area (Å²) >= 11 is 4.81. The molecule has 1 aromatic heterocycles. The number of aryl methyl sites for hydroxylation is 1. The highest BCUT2D eigenvalue weighted by atomic mass is 79.9. The Balaban J connectivity index is 1.76. The zero-order valence-corrected chi connectivity index (χ0v) is 16.5. The number of hydrogen-bond donors (Lipinski definition) is 1. The van der Waals surface area contributed by atoms with Crippen molar-refractivity contribution in [3.63, 3.8) is 0 Å².